The number of carboxylic acid groups (broad SMARTS) is 1. The average molecular weight is 353 g/mol. The standard InChI is InChI=1S/C19H21N3O.CH2O2/c1-22(2)11-10-20-19(23)15-8-9-18-16(12-15)17(13-21-18)14-6-4-3-5-7-14;2-1-3/h3-9,12-13,21H,10-11H2,1-2H3,(H,20,23);1H,(H,2,3). The molecule has 0 unspecified atom stereocenters. The summed E-state index contributed by atoms with van der Waals surface area (Å²) in [6, 6.07) is 16.0. The van der Waals surface area contributed by atoms with Crippen LogP contribution in [0.5, 0.6) is 0 Å². The molecule has 3 N–H and O–H groups in total. The van der Waals surface area contributed by atoms with Crippen LogP contribution in [0.15, 0.2) is 54.7 Å². The molecule has 1 aromatic heterocycles. The molecule has 3 rings (SSSR count). The van der Waals surface area contributed by atoms with Gasteiger partial charge in [-0.15, -0.1) is 0 Å². The number of nitrogens with zero attached hydrogens (tertiary/aromatic N) is 1. The van der Waals surface area contributed by atoms with E-state index in [1.54, 1.807) is 0 Å². The van der Waals surface area contributed by atoms with E-state index in [4.69, 9.17) is 9.90 Å². The predicted molar refractivity (Wildman–Crippen MR) is 103 cm³/mol. The van der Waals surface area contributed by atoms with E-state index in [-0.39, 0.29) is 12.4 Å². The van der Waals surface area contributed by atoms with Gasteiger partial charge in [0, 0.05) is 41.3 Å². The molecule has 136 valence electrons. The van der Waals surface area contributed by atoms with Crippen LogP contribution < -0.4 is 5.32 Å². The third kappa shape index (κ3) is 4.94. The number of carbonyl (C=O) groups is 2. The van der Waals surface area contributed by atoms with Gasteiger partial charge in [0.25, 0.3) is 12.4 Å². The maximum absolute atomic E-state index is 12.3. The minimum absolute atomic E-state index is 0.0334. The van der Waals surface area contributed by atoms with Crippen molar-refractivity contribution in [1.29, 1.82) is 0 Å². The molecule has 6 nitrogen and oxygen atoms in total. The molecule has 0 aliphatic heterocycles. The molecule has 1 heterocycles. The highest BCUT2D eigenvalue weighted by atomic mass is 16.3. The maximum Gasteiger partial charge on any atom is 0.290 e. The molecule has 0 saturated carbocycles. The number of aromatic nitrogens is 1. The molecule has 0 spiro atoms. The second-order valence-electron chi connectivity index (χ2n) is 5.99. The van der Waals surface area contributed by atoms with Crippen molar-refractivity contribution in [2.24, 2.45) is 0 Å². The number of hydrogen-bond acceptors (Lipinski definition) is 3. The lowest BCUT2D eigenvalue weighted by molar-refractivity contribution is -0.122. The van der Waals surface area contributed by atoms with Crippen LogP contribution >= 0.6 is 0 Å². The van der Waals surface area contributed by atoms with Gasteiger partial charge in [0.1, 0.15) is 0 Å². The summed E-state index contributed by atoms with van der Waals surface area (Å²) in [6.07, 6.45) is 1.99. The molecular formula is C20H23N3O3. The number of nitrogens with one attached hydrogen (secondary N) is 2. The van der Waals surface area contributed by atoms with Crippen LogP contribution in [0, 0.1) is 0 Å². The van der Waals surface area contributed by atoms with Gasteiger partial charge in [-0.3, -0.25) is 9.59 Å². The number of hydrogen-bond donors (Lipinski definition) is 3. The van der Waals surface area contributed by atoms with Crippen molar-refractivity contribution in [2.75, 3.05) is 27.2 Å². The number of rotatable bonds is 5. The first-order valence-electron chi connectivity index (χ1n) is 8.24. The van der Waals surface area contributed by atoms with Crippen molar-refractivity contribution < 1.29 is 14.7 Å². The van der Waals surface area contributed by atoms with E-state index in [0.717, 1.165) is 28.6 Å². The Bertz CT molecular complexity index is 857. The highest BCUT2D eigenvalue weighted by molar-refractivity contribution is 6.02. The van der Waals surface area contributed by atoms with Gasteiger partial charge >= 0.3 is 0 Å². The number of carbonyl (C=O) groups excluding carboxylic acids is 1. The summed E-state index contributed by atoms with van der Waals surface area (Å²) < 4.78 is 0. The van der Waals surface area contributed by atoms with Crippen LogP contribution in [0.1, 0.15) is 10.4 Å². The van der Waals surface area contributed by atoms with Crippen LogP contribution in [0.2, 0.25) is 0 Å². The van der Waals surface area contributed by atoms with Gasteiger partial charge < -0.3 is 20.3 Å². The minimum atomic E-state index is -0.250. The molecule has 3 aromatic rings. The van der Waals surface area contributed by atoms with Gasteiger partial charge in [-0.1, -0.05) is 30.3 Å². The van der Waals surface area contributed by atoms with Crippen molar-refractivity contribution in [1.82, 2.24) is 15.2 Å². The van der Waals surface area contributed by atoms with Crippen LogP contribution in [0.25, 0.3) is 22.0 Å². The zero-order chi connectivity index (χ0) is 18.9. The quantitative estimate of drug-likeness (QED) is 0.616. The van der Waals surface area contributed by atoms with Gasteiger partial charge in [0.05, 0.1) is 0 Å². The zero-order valence-electron chi connectivity index (χ0n) is 14.9. The highest BCUT2D eigenvalue weighted by Crippen LogP contribution is 2.29. The zero-order valence-corrected chi connectivity index (χ0v) is 14.9. The molecule has 0 aliphatic carbocycles. The fourth-order valence-corrected chi connectivity index (χ4v) is 2.61. The third-order valence-corrected chi connectivity index (χ3v) is 3.87. The monoisotopic (exact) mass is 353 g/mol. The normalized spacial score (nSPS) is 10.3. The molecule has 0 fully saturated rings. The van der Waals surface area contributed by atoms with Crippen molar-refractivity contribution in [3.63, 3.8) is 0 Å². The second kappa shape index (κ2) is 9.39. The number of amides is 1. The molecule has 1 amide bonds. The van der Waals surface area contributed by atoms with Gasteiger partial charge in [-0.2, -0.15) is 0 Å². The van der Waals surface area contributed by atoms with Gasteiger partial charge in [-0.25, -0.2) is 0 Å². The fraction of sp³-hybridized carbons (Fsp3) is 0.200. The third-order valence-electron chi connectivity index (χ3n) is 3.87. The Morgan fingerprint density at radius 1 is 1.19 bits per heavy atom. The molecule has 6 heteroatoms. The van der Waals surface area contributed by atoms with E-state index in [2.05, 4.69) is 22.4 Å². The van der Waals surface area contributed by atoms with E-state index < -0.39 is 0 Å². The smallest absolute Gasteiger partial charge is 0.290 e. The Morgan fingerprint density at radius 2 is 1.88 bits per heavy atom. The van der Waals surface area contributed by atoms with Gasteiger partial charge in [0.2, 0.25) is 0 Å². The van der Waals surface area contributed by atoms with Crippen molar-refractivity contribution >= 4 is 23.3 Å². The van der Waals surface area contributed by atoms with E-state index in [9.17, 15) is 4.79 Å². The molecule has 26 heavy (non-hydrogen) atoms. The lowest BCUT2D eigenvalue weighted by Crippen LogP contribution is -2.31. The van der Waals surface area contributed by atoms with Crippen molar-refractivity contribution in [3.05, 3.63) is 60.3 Å². The van der Waals surface area contributed by atoms with E-state index >= 15 is 0 Å². The van der Waals surface area contributed by atoms with Gasteiger partial charge in [0.15, 0.2) is 0 Å². The minimum Gasteiger partial charge on any atom is -0.483 e. The highest BCUT2D eigenvalue weighted by Gasteiger charge is 2.10. The molecule has 0 radical (unpaired) electrons. The molecule has 0 saturated heterocycles. The summed E-state index contributed by atoms with van der Waals surface area (Å²) in [6.45, 7) is 1.22. The van der Waals surface area contributed by atoms with Crippen LogP contribution in [-0.2, 0) is 4.79 Å². The Labute approximate surface area is 152 Å². The Kier molecular flexibility index (Phi) is 6.93. The first kappa shape index (κ1) is 19.2. The summed E-state index contributed by atoms with van der Waals surface area (Å²) in [5.74, 6) is -0.0334. The number of likely N-dealkylation sites (N-methyl/N-ethyl adjacent to an activating group) is 1. The Hall–Kier alpha value is -3.12. The number of H-pyrrole nitrogens is 1. The molecule has 0 atom stereocenters. The largest absolute Gasteiger partial charge is 0.483 e. The summed E-state index contributed by atoms with van der Waals surface area (Å²) >= 11 is 0. The lowest BCUT2D eigenvalue weighted by Gasteiger charge is -2.10. The van der Waals surface area contributed by atoms with Crippen LogP contribution in [0.3, 0.4) is 0 Å². The number of fused-ring (bicyclic) bond motifs is 1. The predicted octanol–water partition coefficient (Wildman–Crippen LogP) is 2.83. The van der Waals surface area contributed by atoms with Crippen molar-refractivity contribution in [3.8, 4) is 11.1 Å². The first-order valence-corrected chi connectivity index (χ1v) is 8.24. The maximum atomic E-state index is 12.3. The average Bonchev–Trinajstić information content (AvgIpc) is 3.06. The Morgan fingerprint density at radius 3 is 2.54 bits per heavy atom. The molecular weight excluding hydrogens is 330 g/mol. The first-order chi connectivity index (χ1) is 12.6. The van der Waals surface area contributed by atoms with Crippen molar-refractivity contribution in [2.45, 2.75) is 0 Å². The summed E-state index contributed by atoms with van der Waals surface area (Å²) in [5, 5.41) is 10.9. The molecule has 0 aliphatic rings. The van der Waals surface area contributed by atoms with E-state index in [0.29, 0.717) is 12.1 Å². The summed E-state index contributed by atoms with van der Waals surface area (Å²) in [7, 11) is 3.98. The molecule has 0 bridgehead atoms. The van der Waals surface area contributed by atoms with E-state index in [1.807, 2.05) is 61.6 Å². The second-order valence-corrected chi connectivity index (χ2v) is 5.99. The fourth-order valence-electron chi connectivity index (χ4n) is 2.61. The topological polar surface area (TPSA) is 85.4 Å². The number of aromatic amines is 1. The SMILES string of the molecule is CN(C)CCNC(=O)c1ccc2[nH]cc(-c3ccccc3)c2c1.O=CO. The van der Waals surface area contributed by atoms with Crippen LogP contribution in [0.4, 0.5) is 0 Å². The lowest BCUT2D eigenvalue weighted by atomic mass is 10.0. The van der Waals surface area contributed by atoms with Gasteiger partial charge in [-0.05, 0) is 37.9 Å². The van der Waals surface area contributed by atoms with E-state index in [1.165, 1.54) is 0 Å². The summed E-state index contributed by atoms with van der Waals surface area (Å²) in [5.41, 5.74) is 3.98. The number of benzene rings is 2. The molecule has 2 aromatic carbocycles. The summed E-state index contributed by atoms with van der Waals surface area (Å²) in [4.78, 5) is 26.0. The Balaban J connectivity index is 0.000000758. The van der Waals surface area contributed by atoms with Crippen LogP contribution in [-0.4, -0.2) is 54.6 Å².